The fourth-order valence-electron chi connectivity index (χ4n) is 6.69. The zero-order valence-corrected chi connectivity index (χ0v) is 30.4. The number of hydrogen-bond acceptors (Lipinski definition) is 7. The first-order valence-corrected chi connectivity index (χ1v) is 18.2. The third-order valence-electron chi connectivity index (χ3n) is 9.13. The van der Waals surface area contributed by atoms with Crippen LogP contribution in [0.4, 0.5) is 17.6 Å². The highest BCUT2D eigenvalue weighted by molar-refractivity contribution is 5.51. The van der Waals surface area contributed by atoms with E-state index < -0.39 is 0 Å². The molecule has 3 N–H and O–H groups in total. The average molecular weight is 648 g/mol. The fraction of sp³-hybridized carbons (Fsp3) is 0.512. The van der Waals surface area contributed by atoms with Gasteiger partial charge < -0.3 is 16.0 Å². The van der Waals surface area contributed by atoms with Crippen molar-refractivity contribution in [3.05, 3.63) is 101 Å². The predicted molar refractivity (Wildman–Crippen MR) is 201 cm³/mol. The lowest BCUT2D eigenvalue weighted by Gasteiger charge is -2.52. The van der Waals surface area contributed by atoms with Gasteiger partial charge in [0.25, 0.3) is 0 Å². The van der Waals surface area contributed by atoms with E-state index in [-0.39, 0.29) is 23.7 Å². The highest BCUT2D eigenvalue weighted by Gasteiger charge is 2.54. The van der Waals surface area contributed by atoms with Crippen molar-refractivity contribution in [3.63, 3.8) is 0 Å². The third-order valence-corrected chi connectivity index (χ3v) is 9.13. The summed E-state index contributed by atoms with van der Waals surface area (Å²) in [5.74, 6) is 6.12. The summed E-state index contributed by atoms with van der Waals surface area (Å²) >= 11 is 0. The number of aromatic nitrogens is 4. The zero-order chi connectivity index (χ0) is 34.2. The van der Waals surface area contributed by atoms with E-state index in [1.807, 2.05) is 0 Å². The average Bonchev–Trinajstić information content (AvgIpc) is 3.05. The molecule has 7 nitrogen and oxygen atoms in total. The summed E-state index contributed by atoms with van der Waals surface area (Å²) in [4.78, 5) is 20.6. The van der Waals surface area contributed by atoms with Crippen molar-refractivity contribution in [3.8, 4) is 0 Å². The number of anilines is 3. The van der Waals surface area contributed by atoms with Crippen LogP contribution in [-0.2, 0) is 6.42 Å². The van der Waals surface area contributed by atoms with Crippen molar-refractivity contribution < 1.29 is 0 Å². The Morgan fingerprint density at radius 2 is 0.958 bits per heavy atom. The van der Waals surface area contributed by atoms with Crippen LogP contribution in [0.3, 0.4) is 0 Å². The van der Waals surface area contributed by atoms with Crippen molar-refractivity contribution in [2.24, 2.45) is 23.7 Å². The van der Waals surface area contributed by atoms with Crippen LogP contribution in [0.5, 0.6) is 0 Å². The Morgan fingerprint density at radius 3 is 1.44 bits per heavy atom. The van der Waals surface area contributed by atoms with E-state index in [4.69, 9.17) is 19.9 Å². The van der Waals surface area contributed by atoms with Gasteiger partial charge in [0.05, 0.1) is 11.4 Å². The molecule has 2 aromatic heterocycles. The molecule has 0 spiro atoms. The molecule has 1 saturated carbocycles. The van der Waals surface area contributed by atoms with Crippen LogP contribution in [0.2, 0.25) is 0 Å². The molecule has 1 aliphatic carbocycles. The van der Waals surface area contributed by atoms with E-state index in [2.05, 4.69) is 144 Å². The number of nitrogens with zero attached hydrogens (tertiary/aromatic N) is 4. The minimum absolute atomic E-state index is 0.128. The summed E-state index contributed by atoms with van der Waals surface area (Å²) in [5.41, 5.74) is 4.80. The lowest BCUT2D eigenvalue weighted by molar-refractivity contribution is 0.219. The SMILES string of the molecule is CC(C)CCc1nc(NCC(C)C)cc(C2[C@@H](c3ccccc3)C(c3cc(NCC(C)C)nc(NCC(C)C)n3)[C@@H]2c2ccccc2)n1. The van der Waals surface area contributed by atoms with Gasteiger partial charge in [-0.05, 0) is 41.2 Å². The predicted octanol–water partition coefficient (Wildman–Crippen LogP) is 9.51. The van der Waals surface area contributed by atoms with Crippen molar-refractivity contribution >= 4 is 17.6 Å². The van der Waals surface area contributed by atoms with Crippen LogP contribution in [-0.4, -0.2) is 39.6 Å². The molecule has 256 valence electrons. The zero-order valence-electron chi connectivity index (χ0n) is 30.4. The molecule has 1 aliphatic rings. The quantitative estimate of drug-likeness (QED) is 0.112. The van der Waals surface area contributed by atoms with Crippen LogP contribution < -0.4 is 16.0 Å². The van der Waals surface area contributed by atoms with Gasteiger partial charge in [0.15, 0.2) is 0 Å². The van der Waals surface area contributed by atoms with Crippen LogP contribution in [0, 0.1) is 23.7 Å². The lowest BCUT2D eigenvalue weighted by atomic mass is 9.50. The first-order valence-electron chi connectivity index (χ1n) is 18.2. The van der Waals surface area contributed by atoms with Gasteiger partial charge in [-0.15, -0.1) is 0 Å². The molecule has 7 heteroatoms. The summed E-state index contributed by atoms with van der Waals surface area (Å²) in [6.45, 7) is 20.4. The number of aryl methyl sites for hydroxylation is 1. The van der Waals surface area contributed by atoms with Gasteiger partial charge in [-0.2, -0.15) is 4.98 Å². The van der Waals surface area contributed by atoms with E-state index in [0.717, 1.165) is 61.3 Å². The molecule has 0 unspecified atom stereocenters. The molecule has 2 heterocycles. The van der Waals surface area contributed by atoms with Gasteiger partial charge >= 0.3 is 0 Å². The minimum Gasteiger partial charge on any atom is -0.370 e. The lowest BCUT2D eigenvalue weighted by Crippen LogP contribution is -2.41. The Labute approximate surface area is 289 Å². The Morgan fingerprint density at radius 1 is 0.500 bits per heavy atom. The van der Waals surface area contributed by atoms with Crippen LogP contribution >= 0.6 is 0 Å². The summed E-state index contributed by atoms with van der Waals surface area (Å²) in [7, 11) is 0. The Kier molecular flexibility index (Phi) is 12.1. The Bertz CT molecular complexity index is 1380. The molecule has 4 aromatic rings. The Balaban J connectivity index is 1.66. The van der Waals surface area contributed by atoms with Gasteiger partial charge in [0, 0.05) is 61.9 Å². The van der Waals surface area contributed by atoms with Gasteiger partial charge in [0.1, 0.15) is 17.5 Å². The molecule has 2 atom stereocenters. The Hall–Kier alpha value is -4.00. The smallest absolute Gasteiger partial charge is 0.224 e. The van der Waals surface area contributed by atoms with Crippen molar-refractivity contribution in [1.82, 2.24) is 19.9 Å². The number of benzene rings is 2. The van der Waals surface area contributed by atoms with Crippen molar-refractivity contribution in [1.29, 1.82) is 0 Å². The summed E-state index contributed by atoms with van der Waals surface area (Å²) in [5, 5.41) is 10.8. The number of nitrogens with one attached hydrogen (secondary N) is 3. The topological polar surface area (TPSA) is 87.7 Å². The number of hydrogen-bond donors (Lipinski definition) is 3. The van der Waals surface area contributed by atoms with Gasteiger partial charge in [-0.25, -0.2) is 15.0 Å². The van der Waals surface area contributed by atoms with Gasteiger partial charge in [0.2, 0.25) is 5.95 Å². The molecule has 2 aromatic carbocycles. The largest absolute Gasteiger partial charge is 0.370 e. The monoisotopic (exact) mass is 647 g/mol. The van der Waals surface area contributed by atoms with E-state index in [0.29, 0.717) is 29.6 Å². The van der Waals surface area contributed by atoms with Crippen molar-refractivity contribution in [2.75, 3.05) is 35.6 Å². The third kappa shape index (κ3) is 9.12. The fourth-order valence-corrected chi connectivity index (χ4v) is 6.69. The van der Waals surface area contributed by atoms with E-state index in [1.54, 1.807) is 0 Å². The van der Waals surface area contributed by atoms with Crippen molar-refractivity contribution in [2.45, 2.75) is 91.9 Å². The molecule has 0 amide bonds. The molecule has 0 aliphatic heterocycles. The molecular weight excluding hydrogens is 591 g/mol. The first kappa shape index (κ1) is 35.3. The highest BCUT2D eigenvalue weighted by Crippen LogP contribution is 2.66. The minimum atomic E-state index is 0.128. The maximum absolute atomic E-state index is 5.36. The van der Waals surface area contributed by atoms with Crippen LogP contribution in [0.15, 0.2) is 72.8 Å². The second-order valence-corrected chi connectivity index (χ2v) is 15.3. The molecule has 0 saturated heterocycles. The van der Waals surface area contributed by atoms with Gasteiger partial charge in [-0.1, -0.05) is 116 Å². The van der Waals surface area contributed by atoms with E-state index in [9.17, 15) is 0 Å². The first-order chi connectivity index (χ1) is 23.1. The summed E-state index contributed by atoms with van der Waals surface area (Å²) < 4.78 is 0. The molecule has 0 bridgehead atoms. The molecule has 1 fully saturated rings. The van der Waals surface area contributed by atoms with Gasteiger partial charge in [-0.3, -0.25) is 0 Å². The standard InChI is InChI=1S/C41H57N7/c1-26(2)19-20-34-45-32(21-35(47-34)42-23-27(3)4)39-37(30-15-11-9-12-16-30)40(38(39)31-17-13-10-14-18-31)33-22-36(43-24-28(5)6)48-41(46-33)44-25-29(7)8/h9-18,21-22,26-29,37-40H,19-20,23-25H2,1-8H3,(H,42,45,47)(H2,43,44,46,48)/t37-,38-,39?,40?/m1/s1. The molecule has 0 radical (unpaired) electrons. The molecule has 5 rings (SSSR count). The number of rotatable bonds is 16. The second kappa shape index (κ2) is 16.4. The van der Waals surface area contributed by atoms with E-state index in [1.165, 1.54) is 11.1 Å². The normalized spacial score (nSPS) is 19.2. The maximum Gasteiger partial charge on any atom is 0.224 e. The van der Waals surface area contributed by atoms with E-state index >= 15 is 0 Å². The summed E-state index contributed by atoms with van der Waals surface area (Å²) in [6, 6.07) is 26.4. The summed E-state index contributed by atoms with van der Waals surface area (Å²) in [6.07, 6.45) is 1.93. The van der Waals surface area contributed by atoms with Crippen LogP contribution in [0.1, 0.15) is 114 Å². The highest BCUT2D eigenvalue weighted by atomic mass is 15.1. The van der Waals surface area contributed by atoms with Crippen LogP contribution in [0.25, 0.3) is 0 Å². The molecule has 48 heavy (non-hydrogen) atoms. The molecular formula is C41H57N7. The maximum atomic E-state index is 5.36. The second-order valence-electron chi connectivity index (χ2n) is 15.3.